The van der Waals surface area contributed by atoms with Crippen LogP contribution in [0.15, 0.2) is 266 Å². The zero-order valence-electron chi connectivity index (χ0n) is 42.5. The van der Waals surface area contributed by atoms with Crippen molar-refractivity contribution in [1.82, 2.24) is 0 Å². The molecular formula is C72H52N4. The van der Waals surface area contributed by atoms with Crippen molar-refractivity contribution in [1.29, 1.82) is 0 Å². The van der Waals surface area contributed by atoms with Gasteiger partial charge in [-0.1, -0.05) is 176 Å². The highest BCUT2D eigenvalue weighted by Gasteiger charge is 2.31. The smallest absolute Gasteiger partial charge is 0.0699 e. The van der Waals surface area contributed by atoms with Crippen LogP contribution in [-0.2, 0) is 0 Å². The Hall–Kier alpha value is -9.64. The van der Waals surface area contributed by atoms with E-state index < -0.39 is 0 Å². The van der Waals surface area contributed by atoms with E-state index in [0.29, 0.717) is 0 Å². The van der Waals surface area contributed by atoms with E-state index in [1.807, 2.05) is 0 Å². The summed E-state index contributed by atoms with van der Waals surface area (Å²) >= 11 is 0. The standard InChI is InChI=1S/C72H52N4/c1-73-63-19-7-11-23-67(63)75(68-24-12-8-20-64(68)73)57-39-41-59-61(45-57)71(51-33-27-49(28-34-51)55-37-31-47-15-3-5-17-53(47)43-55)60-42-40-58(76-69-25-13-9-21-65(69)74(2)66-22-10-14-26-70(66)76)46-62(60)72(59)52-35-29-50(30-36-52)56-38-32-48-16-4-6-18-54(48)44-56/h3-9,11-21,23-46H,10,22H2,1-2H3. The summed E-state index contributed by atoms with van der Waals surface area (Å²) in [4.78, 5) is 9.67. The monoisotopic (exact) mass is 972 g/mol. The minimum Gasteiger partial charge on any atom is -0.345 e. The Kier molecular flexibility index (Phi) is 10.1. The van der Waals surface area contributed by atoms with Gasteiger partial charge < -0.3 is 19.6 Å². The zero-order valence-corrected chi connectivity index (χ0v) is 42.5. The van der Waals surface area contributed by atoms with Gasteiger partial charge in [0.05, 0.1) is 39.8 Å². The molecule has 15 rings (SSSR count). The van der Waals surface area contributed by atoms with Crippen molar-refractivity contribution >= 4 is 88.6 Å². The van der Waals surface area contributed by atoms with Crippen LogP contribution < -0.4 is 19.6 Å². The Labute approximate surface area is 443 Å². The SMILES string of the molecule is CN1C2=C(C=CCC2)N(c2ccc3c(-c4ccc(-c5ccc6ccccc6c5)cc4)c4cc(N5c6ccccc6N(C)c6ccccc65)ccc4c(-c4ccc(-c5ccc6ccccc6c5)cc4)c3c2)c2ccccc21. The molecule has 0 bridgehead atoms. The Morgan fingerprint density at radius 1 is 0.303 bits per heavy atom. The van der Waals surface area contributed by atoms with Gasteiger partial charge in [-0.15, -0.1) is 0 Å². The van der Waals surface area contributed by atoms with Gasteiger partial charge in [0.2, 0.25) is 0 Å². The average molecular weight is 973 g/mol. The summed E-state index contributed by atoms with van der Waals surface area (Å²) in [5.41, 5.74) is 21.4. The van der Waals surface area contributed by atoms with E-state index in [1.165, 1.54) is 122 Å². The fourth-order valence-corrected chi connectivity index (χ4v) is 12.6. The first-order valence-corrected chi connectivity index (χ1v) is 26.5. The molecule has 1 aliphatic carbocycles. The molecule has 0 radical (unpaired) electrons. The molecule has 76 heavy (non-hydrogen) atoms. The third-order valence-electron chi connectivity index (χ3n) is 16.3. The van der Waals surface area contributed by atoms with Gasteiger partial charge in [0.1, 0.15) is 0 Å². The second-order valence-electron chi connectivity index (χ2n) is 20.5. The first-order chi connectivity index (χ1) is 37.5. The first kappa shape index (κ1) is 43.9. The van der Waals surface area contributed by atoms with Crippen molar-refractivity contribution in [3.8, 4) is 44.5 Å². The summed E-state index contributed by atoms with van der Waals surface area (Å²) in [6.07, 6.45) is 6.68. The van der Waals surface area contributed by atoms with Gasteiger partial charge in [-0.05, 0) is 179 Å². The van der Waals surface area contributed by atoms with Crippen molar-refractivity contribution < 1.29 is 0 Å². The van der Waals surface area contributed by atoms with Crippen LogP contribution in [-0.4, -0.2) is 14.1 Å². The van der Waals surface area contributed by atoms with E-state index in [9.17, 15) is 0 Å². The summed E-state index contributed by atoms with van der Waals surface area (Å²) in [5, 5.41) is 9.79. The lowest BCUT2D eigenvalue weighted by Crippen LogP contribution is -2.32. The van der Waals surface area contributed by atoms with E-state index >= 15 is 0 Å². The molecule has 0 saturated carbocycles. The predicted molar refractivity (Wildman–Crippen MR) is 323 cm³/mol. The Bertz CT molecular complexity index is 4350. The quantitative estimate of drug-likeness (QED) is 0.154. The minimum atomic E-state index is 0.990. The maximum absolute atomic E-state index is 2.50. The Morgan fingerprint density at radius 2 is 0.697 bits per heavy atom. The van der Waals surface area contributed by atoms with Crippen LogP contribution in [0.1, 0.15) is 12.8 Å². The average Bonchev–Trinajstić information content (AvgIpc) is 3.60. The third kappa shape index (κ3) is 6.98. The molecule has 0 fully saturated rings. The number of anilines is 8. The molecule has 0 atom stereocenters. The summed E-state index contributed by atoms with van der Waals surface area (Å²) in [7, 11) is 4.40. The molecular weight excluding hydrogens is 921 g/mol. The molecule has 0 saturated heterocycles. The summed E-state index contributed by atoms with van der Waals surface area (Å²) in [6.45, 7) is 0. The summed E-state index contributed by atoms with van der Waals surface area (Å²) in [5.74, 6) is 0. The molecule has 0 aromatic heterocycles. The van der Waals surface area contributed by atoms with Crippen LogP contribution in [0.5, 0.6) is 0 Å². The van der Waals surface area contributed by atoms with Crippen molar-refractivity contribution in [3.63, 3.8) is 0 Å². The lowest BCUT2D eigenvalue weighted by molar-refractivity contribution is 0.849. The second-order valence-corrected chi connectivity index (χ2v) is 20.5. The fraction of sp³-hybridized carbons (Fsp3) is 0.0556. The molecule has 2 heterocycles. The van der Waals surface area contributed by atoms with Gasteiger partial charge in [-0.2, -0.15) is 0 Å². The first-order valence-electron chi connectivity index (χ1n) is 26.5. The van der Waals surface area contributed by atoms with Gasteiger partial charge in [0.15, 0.2) is 0 Å². The highest BCUT2D eigenvalue weighted by Crippen LogP contribution is 2.54. The molecule has 360 valence electrons. The molecule has 0 N–H and O–H groups in total. The number of fused-ring (bicyclic) bond motifs is 7. The number of nitrogens with zero attached hydrogens (tertiary/aromatic N) is 4. The van der Waals surface area contributed by atoms with Crippen LogP contribution >= 0.6 is 0 Å². The van der Waals surface area contributed by atoms with E-state index in [1.54, 1.807) is 0 Å². The maximum Gasteiger partial charge on any atom is 0.0699 e. The van der Waals surface area contributed by atoms with Crippen LogP contribution in [0.4, 0.5) is 45.5 Å². The number of para-hydroxylation sites is 6. The number of allylic oxidation sites excluding steroid dienone is 3. The molecule has 12 aromatic rings. The van der Waals surface area contributed by atoms with Crippen LogP contribution in [0.2, 0.25) is 0 Å². The third-order valence-corrected chi connectivity index (χ3v) is 16.3. The normalized spacial score (nSPS) is 13.9. The van der Waals surface area contributed by atoms with Gasteiger partial charge in [-0.3, -0.25) is 0 Å². The maximum atomic E-state index is 2.50. The van der Waals surface area contributed by atoms with E-state index in [-0.39, 0.29) is 0 Å². The Morgan fingerprint density at radius 3 is 1.20 bits per heavy atom. The number of hydrogen-bond acceptors (Lipinski definition) is 4. The molecule has 12 aromatic carbocycles. The predicted octanol–water partition coefficient (Wildman–Crippen LogP) is 19.7. The van der Waals surface area contributed by atoms with E-state index in [2.05, 4.69) is 289 Å². The molecule has 0 amide bonds. The van der Waals surface area contributed by atoms with E-state index in [4.69, 9.17) is 0 Å². The van der Waals surface area contributed by atoms with Crippen molar-refractivity contribution in [2.45, 2.75) is 12.8 Å². The molecule has 0 spiro atoms. The van der Waals surface area contributed by atoms with Gasteiger partial charge in [0.25, 0.3) is 0 Å². The van der Waals surface area contributed by atoms with Crippen molar-refractivity contribution in [2.24, 2.45) is 0 Å². The van der Waals surface area contributed by atoms with Crippen LogP contribution in [0.25, 0.3) is 87.6 Å². The summed E-state index contributed by atoms with van der Waals surface area (Å²) in [6, 6.07) is 90.4. The molecule has 3 aliphatic rings. The minimum absolute atomic E-state index is 0.990. The van der Waals surface area contributed by atoms with Crippen LogP contribution in [0.3, 0.4) is 0 Å². The molecule has 0 unspecified atom stereocenters. The highest BCUT2D eigenvalue weighted by atomic mass is 15.3. The van der Waals surface area contributed by atoms with Gasteiger partial charge in [-0.25, -0.2) is 0 Å². The largest absolute Gasteiger partial charge is 0.345 e. The van der Waals surface area contributed by atoms with Crippen LogP contribution in [0, 0.1) is 0 Å². The lowest BCUT2D eigenvalue weighted by atomic mass is 9.84. The number of hydrogen-bond donors (Lipinski definition) is 0. The summed E-state index contributed by atoms with van der Waals surface area (Å²) < 4.78 is 0. The highest BCUT2D eigenvalue weighted by molar-refractivity contribution is 6.23. The van der Waals surface area contributed by atoms with E-state index in [0.717, 1.165) is 35.6 Å². The van der Waals surface area contributed by atoms with Gasteiger partial charge in [0, 0.05) is 31.2 Å². The Balaban J connectivity index is 0.997. The number of benzene rings is 12. The van der Waals surface area contributed by atoms with Crippen molar-refractivity contribution in [2.75, 3.05) is 33.7 Å². The lowest BCUT2D eigenvalue weighted by Gasteiger charge is -2.41. The van der Waals surface area contributed by atoms with Gasteiger partial charge >= 0.3 is 0 Å². The topological polar surface area (TPSA) is 13.0 Å². The zero-order chi connectivity index (χ0) is 50.4. The molecule has 2 aliphatic heterocycles. The second kappa shape index (κ2) is 17.5. The fourth-order valence-electron chi connectivity index (χ4n) is 12.6. The number of rotatable bonds is 6. The molecule has 4 nitrogen and oxygen atoms in total. The molecule has 4 heteroatoms. The van der Waals surface area contributed by atoms with Crippen molar-refractivity contribution in [3.05, 3.63) is 266 Å².